The van der Waals surface area contributed by atoms with Crippen LogP contribution in [-0.4, -0.2) is 18.0 Å². The molecule has 1 fully saturated rings. The van der Waals surface area contributed by atoms with E-state index in [4.69, 9.17) is 9.47 Å². The van der Waals surface area contributed by atoms with Crippen molar-refractivity contribution >= 4 is 0 Å². The number of hydrogen-bond acceptors (Lipinski definition) is 2. The van der Waals surface area contributed by atoms with Crippen LogP contribution < -0.4 is 0 Å². The molecule has 0 aromatic heterocycles. The zero-order valence-corrected chi connectivity index (χ0v) is 10.7. The third kappa shape index (κ3) is 4.12. The Balaban J connectivity index is 2.15. The summed E-state index contributed by atoms with van der Waals surface area (Å²) in [4.78, 5) is 0. The summed E-state index contributed by atoms with van der Waals surface area (Å²) in [6.07, 6.45) is 8.04. The Kier molecular flexibility index (Phi) is 5.07. The molecule has 1 heterocycles. The van der Waals surface area contributed by atoms with Crippen molar-refractivity contribution in [3.05, 3.63) is 0 Å². The molecule has 1 rings (SSSR count). The molecule has 2 nitrogen and oxygen atoms in total. The minimum atomic E-state index is -0.314. The van der Waals surface area contributed by atoms with Gasteiger partial charge < -0.3 is 9.47 Å². The van der Waals surface area contributed by atoms with E-state index in [1.54, 1.807) is 0 Å². The average molecular weight is 214 g/mol. The molecule has 0 bridgehead atoms. The van der Waals surface area contributed by atoms with Crippen LogP contribution in [0.4, 0.5) is 0 Å². The van der Waals surface area contributed by atoms with Crippen LogP contribution in [0.25, 0.3) is 0 Å². The van der Waals surface area contributed by atoms with Gasteiger partial charge in [-0.1, -0.05) is 32.6 Å². The lowest BCUT2D eigenvalue weighted by Crippen LogP contribution is -2.26. The van der Waals surface area contributed by atoms with Gasteiger partial charge in [0, 0.05) is 6.42 Å². The van der Waals surface area contributed by atoms with Crippen LogP contribution in [0.2, 0.25) is 0 Å². The zero-order chi connectivity index (χ0) is 11.3. The van der Waals surface area contributed by atoms with E-state index < -0.39 is 0 Å². The normalized spacial score (nSPS) is 29.6. The lowest BCUT2D eigenvalue weighted by molar-refractivity contribution is -0.164. The van der Waals surface area contributed by atoms with E-state index in [1.165, 1.54) is 32.1 Å². The number of rotatable bonds is 6. The van der Waals surface area contributed by atoms with Crippen LogP contribution in [0.1, 0.15) is 66.2 Å². The van der Waals surface area contributed by atoms with Gasteiger partial charge in [0.15, 0.2) is 5.79 Å². The van der Waals surface area contributed by atoms with Crippen LogP contribution >= 0.6 is 0 Å². The van der Waals surface area contributed by atoms with Gasteiger partial charge in [-0.2, -0.15) is 0 Å². The lowest BCUT2D eigenvalue weighted by Gasteiger charge is -2.23. The summed E-state index contributed by atoms with van der Waals surface area (Å²) in [7, 11) is 0. The molecule has 0 saturated carbocycles. The van der Waals surface area contributed by atoms with Crippen LogP contribution in [0.3, 0.4) is 0 Å². The SMILES string of the molecule is CCCCCCCC1(C)O[C@H](C)[C@@H](C)O1. The van der Waals surface area contributed by atoms with Gasteiger partial charge in [-0.05, 0) is 27.2 Å². The third-order valence-corrected chi connectivity index (χ3v) is 3.27. The van der Waals surface area contributed by atoms with Gasteiger partial charge in [-0.15, -0.1) is 0 Å². The molecule has 0 spiro atoms. The fourth-order valence-corrected chi connectivity index (χ4v) is 2.17. The highest BCUT2D eigenvalue weighted by Crippen LogP contribution is 2.32. The maximum Gasteiger partial charge on any atom is 0.166 e. The molecule has 0 aromatic rings. The van der Waals surface area contributed by atoms with E-state index in [1.807, 2.05) is 0 Å². The molecule has 1 aliphatic rings. The summed E-state index contributed by atoms with van der Waals surface area (Å²) in [5.41, 5.74) is 0. The third-order valence-electron chi connectivity index (χ3n) is 3.27. The first kappa shape index (κ1) is 13.0. The highest BCUT2D eigenvalue weighted by Gasteiger charge is 2.39. The molecule has 0 N–H and O–H groups in total. The van der Waals surface area contributed by atoms with Gasteiger partial charge >= 0.3 is 0 Å². The van der Waals surface area contributed by atoms with Crippen molar-refractivity contribution in [2.24, 2.45) is 0 Å². The standard InChI is InChI=1S/C13H26O2/c1-5-6-7-8-9-10-13(4)14-11(2)12(3)15-13/h11-12H,5-10H2,1-4H3/t11-,12-/m1/s1. The van der Waals surface area contributed by atoms with Crippen molar-refractivity contribution < 1.29 is 9.47 Å². The van der Waals surface area contributed by atoms with E-state index in [0.717, 1.165) is 6.42 Å². The van der Waals surface area contributed by atoms with E-state index in [-0.39, 0.29) is 18.0 Å². The van der Waals surface area contributed by atoms with Crippen molar-refractivity contribution in [1.82, 2.24) is 0 Å². The summed E-state index contributed by atoms with van der Waals surface area (Å²) in [5.74, 6) is -0.314. The summed E-state index contributed by atoms with van der Waals surface area (Å²) >= 11 is 0. The van der Waals surface area contributed by atoms with Crippen molar-refractivity contribution in [2.45, 2.75) is 84.2 Å². The second-order valence-corrected chi connectivity index (χ2v) is 4.94. The van der Waals surface area contributed by atoms with Crippen LogP contribution in [0.15, 0.2) is 0 Å². The average Bonchev–Trinajstić information content (AvgIpc) is 2.41. The van der Waals surface area contributed by atoms with Gasteiger partial charge in [0.1, 0.15) is 0 Å². The predicted octanol–water partition coefficient (Wildman–Crippen LogP) is 3.89. The molecule has 0 aliphatic carbocycles. The Bertz CT molecular complexity index is 169. The minimum Gasteiger partial charge on any atom is -0.345 e. The second kappa shape index (κ2) is 5.86. The molecule has 0 unspecified atom stereocenters. The quantitative estimate of drug-likeness (QED) is 0.625. The van der Waals surface area contributed by atoms with Gasteiger partial charge in [0.25, 0.3) is 0 Å². The predicted molar refractivity (Wildman–Crippen MR) is 62.9 cm³/mol. The number of ether oxygens (including phenoxy) is 2. The molecule has 1 aliphatic heterocycles. The van der Waals surface area contributed by atoms with Gasteiger partial charge in [0.05, 0.1) is 12.2 Å². The second-order valence-electron chi connectivity index (χ2n) is 4.94. The Labute approximate surface area is 94.3 Å². The smallest absolute Gasteiger partial charge is 0.166 e. The summed E-state index contributed by atoms with van der Waals surface area (Å²) in [6, 6.07) is 0. The molecule has 0 amide bonds. The molecular weight excluding hydrogens is 188 g/mol. The molecule has 1 saturated heterocycles. The molecule has 90 valence electrons. The summed E-state index contributed by atoms with van der Waals surface area (Å²) in [6.45, 7) is 8.50. The van der Waals surface area contributed by atoms with E-state index in [0.29, 0.717) is 0 Å². The topological polar surface area (TPSA) is 18.5 Å². The molecular formula is C13H26O2. The van der Waals surface area contributed by atoms with Crippen molar-refractivity contribution in [1.29, 1.82) is 0 Å². The Hall–Kier alpha value is -0.0800. The molecule has 0 aromatic carbocycles. The Morgan fingerprint density at radius 2 is 1.47 bits per heavy atom. The van der Waals surface area contributed by atoms with Gasteiger partial charge in [-0.25, -0.2) is 0 Å². The first-order valence-corrected chi connectivity index (χ1v) is 6.43. The van der Waals surface area contributed by atoms with Crippen molar-refractivity contribution in [2.75, 3.05) is 0 Å². The molecule has 2 atom stereocenters. The zero-order valence-electron chi connectivity index (χ0n) is 10.7. The van der Waals surface area contributed by atoms with E-state index in [9.17, 15) is 0 Å². The lowest BCUT2D eigenvalue weighted by atomic mass is 10.1. The Morgan fingerprint density at radius 3 is 2.00 bits per heavy atom. The highest BCUT2D eigenvalue weighted by atomic mass is 16.7. The largest absolute Gasteiger partial charge is 0.345 e. The van der Waals surface area contributed by atoms with Crippen LogP contribution in [-0.2, 0) is 9.47 Å². The van der Waals surface area contributed by atoms with Gasteiger partial charge in [-0.3, -0.25) is 0 Å². The van der Waals surface area contributed by atoms with Gasteiger partial charge in [0.2, 0.25) is 0 Å². The fraction of sp³-hybridized carbons (Fsp3) is 1.00. The first-order chi connectivity index (χ1) is 7.07. The number of unbranched alkanes of at least 4 members (excludes halogenated alkanes) is 4. The summed E-state index contributed by atoms with van der Waals surface area (Å²) < 4.78 is 11.7. The first-order valence-electron chi connectivity index (χ1n) is 6.43. The van der Waals surface area contributed by atoms with Crippen LogP contribution in [0.5, 0.6) is 0 Å². The maximum absolute atomic E-state index is 5.85. The highest BCUT2D eigenvalue weighted by molar-refractivity contribution is 4.78. The minimum absolute atomic E-state index is 0.241. The van der Waals surface area contributed by atoms with Crippen molar-refractivity contribution in [3.63, 3.8) is 0 Å². The van der Waals surface area contributed by atoms with Crippen LogP contribution in [0, 0.1) is 0 Å². The van der Waals surface area contributed by atoms with Crippen molar-refractivity contribution in [3.8, 4) is 0 Å². The molecule has 15 heavy (non-hydrogen) atoms. The monoisotopic (exact) mass is 214 g/mol. The number of hydrogen-bond donors (Lipinski definition) is 0. The van der Waals surface area contributed by atoms with E-state index >= 15 is 0 Å². The van der Waals surface area contributed by atoms with E-state index in [2.05, 4.69) is 27.7 Å². The molecule has 0 radical (unpaired) electrons. The maximum atomic E-state index is 5.85. The fourth-order valence-electron chi connectivity index (χ4n) is 2.17. The molecule has 2 heteroatoms. The Morgan fingerprint density at radius 1 is 0.933 bits per heavy atom. The summed E-state index contributed by atoms with van der Waals surface area (Å²) in [5, 5.41) is 0.